The van der Waals surface area contributed by atoms with Crippen molar-refractivity contribution in [1.29, 1.82) is 0 Å². The normalized spacial score (nSPS) is 11.4. The summed E-state index contributed by atoms with van der Waals surface area (Å²) in [6, 6.07) is 13.2. The number of carbonyl (C=O) groups is 2. The van der Waals surface area contributed by atoms with E-state index in [1.165, 1.54) is 6.07 Å². The second-order valence-corrected chi connectivity index (χ2v) is 11.0. The van der Waals surface area contributed by atoms with E-state index in [9.17, 15) is 18.0 Å². The number of nitrogen functional groups attached to an aromatic ring is 2. The summed E-state index contributed by atoms with van der Waals surface area (Å²) in [5.74, 6) is -0.298. The van der Waals surface area contributed by atoms with Crippen LogP contribution >= 0.6 is 12.0 Å². The zero-order chi connectivity index (χ0) is 26.4. The molecule has 0 atom stereocenters. The number of sulfone groups is 1. The molecule has 0 bridgehead atoms. The van der Waals surface area contributed by atoms with E-state index in [-0.39, 0.29) is 36.5 Å². The van der Waals surface area contributed by atoms with Gasteiger partial charge in [-0.3, -0.25) is 9.59 Å². The average Bonchev–Trinajstić information content (AvgIpc) is 2.84. The summed E-state index contributed by atoms with van der Waals surface area (Å²) >= 11 is 1.06. The first-order valence-electron chi connectivity index (χ1n) is 11.2. The molecule has 0 aromatic heterocycles. The van der Waals surface area contributed by atoms with Crippen molar-refractivity contribution >= 4 is 45.1 Å². The number of anilines is 2. The van der Waals surface area contributed by atoms with Gasteiger partial charge in [-0.15, -0.1) is 0 Å². The number of amides is 2. The van der Waals surface area contributed by atoms with Gasteiger partial charge in [0.1, 0.15) is 0 Å². The van der Waals surface area contributed by atoms with Gasteiger partial charge < -0.3 is 27.0 Å². The maximum Gasteiger partial charge on any atom is 0.251 e. The molecule has 198 valence electrons. The molecule has 2 aromatic carbocycles. The predicted molar refractivity (Wildman–Crippen MR) is 142 cm³/mol. The Labute approximate surface area is 215 Å². The van der Waals surface area contributed by atoms with Crippen LogP contribution in [0.2, 0.25) is 0 Å². The standard InChI is InChI=1S/C23H33N5O6S2/c1-28(10-12-33-34-35-13-8-26-22(29)18-4-2-6-20(24)16-18)11-15-36(31,32)14-9-27-23(30)19-5-3-7-21(25)17-19/h2-7,16-17H,8-15,24-25H2,1H3,(H,26,29)(H,27,30). The minimum atomic E-state index is -3.34. The third kappa shape index (κ3) is 11.7. The van der Waals surface area contributed by atoms with Crippen LogP contribution in [0.4, 0.5) is 11.4 Å². The van der Waals surface area contributed by atoms with E-state index in [0.717, 1.165) is 12.0 Å². The number of nitrogens with two attached hydrogens (primary N) is 2. The van der Waals surface area contributed by atoms with Crippen LogP contribution in [-0.4, -0.2) is 82.2 Å². The lowest BCUT2D eigenvalue weighted by Gasteiger charge is -2.16. The summed E-state index contributed by atoms with van der Waals surface area (Å²) in [5, 5.41) is 5.35. The van der Waals surface area contributed by atoms with E-state index in [1.807, 2.05) is 4.90 Å². The second-order valence-electron chi connectivity index (χ2n) is 7.93. The number of carbonyl (C=O) groups excluding carboxylic acids is 2. The summed E-state index contributed by atoms with van der Waals surface area (Å²) in [4.78, 5) is 30.9. The average molecular weight is 540 g/mol. The molecule has 0 heterocycles. The van der Waals surface area contributed by atoms with Gasteiger partial charge in [0, 0.05) is 66.5 Å². The summed E-state index contributed by atoms with van der Waals surface area (Å²) in [5.41, 5.74) is 13.2. The Kier molecular flexibility index (Phi) is 12.5. The van der Waals surface area contributed by atoms with Gasteiger partial charge in [-0.25, -0.2) is 13.3 Å². The van der Waals surface area contributed by atoms with E-state index < -0.39 is 9.84 Å². The van der Waals surface area contributed by atoms with Crippen LogP contribution < -0.4 is 22.1 Å². The molecular weight excluding hydrogens is 506 g/mol. The molecule has 13 heteroatoms. The van der Waals surface area contributed by atoms with Crippen LogP contribution in [0.3, 0.4) is 0 Å². The first-order chi connectivity index (χ1) is 17.2. The Bertz CT molecular complexity index is 1100. The quantitative estimate of drug-likeness (QED) is 0.0793. The zero-order valence-electron chi connectivity index (χ0n) is 20.1. The van der Waals surface area contributed by atoms with E-state index in [1.54, 1.807) is 49.5 Å². The third-order valence-corrected chi connectivity index (χ3v) is 7.10. The highest BCUT2D eigenvalue weighted by atomic mass is 32.2. The lowest BCUT2D eigenvalue weighted by molar-refractivity contribution is -0.192. The maximum absolute atomic E-state index is 12.2. The van der Waals surface area contributed by atoms with E-state index in [0.29, 0.717) is 47.9 Å². The molecule has 2 rings (SSSR count). The first kappa shape index (κ1) is 29.4. The lowest BCUT2D eigenvalue weighted by Crippen LogP contribution is -2.33. The van der Waals surface area contributed by atoms with Crippen molar-refractivity contribution in [3.05, 3.63) is 59.7 Å². The number of likely N-dealkylation sites (N-methyl/N-ethyl adjacent to an activating group) is 1. The number of benzene rings is 2. The Morgan fingerprint density at radius 1 is 0.917 bits per heavy atom. The van der Waals surface area contributed by atoms with E-state index in [4.69, 9.17) is 20.7 Å². The summed E-state index contributed by atoms with van der Waals surface area (Å²) in [6.07, 6.45) is 0. The van der Waals surface area contributed by atoms with Gasteiger partial charge in [-0.2, -0.15) is 4.33 Å². The first-order valence-corrected chi connectivity index (χ1v) is 14.0. The van der Waals surface area contributed by atoms with Gasteiger partial charge in [-0.1, -0.05) is 12.1 Å². The molecular formula is C23H33N5O6S2. The van der Waals surface area contributed by atoms with Crippen LogP contribution in [0.25, 0.3) is 0 Å². The number of nitrogens with one attached hydrogen (secondary N) is 2. The van der Waals surface area contributed by atoms with Crippen LogP contribution in [0, 0.1) is 0 Å². The van der Waals surface area contributed by atoms with Crippen molar-refractivity contribution in [2.75, 3.05) is 68.6 Å². The van der Waals surface area contributed by atoms with Gasteiger partial charge in [0.05, 0.1) is 18.1 Å². The molecule has 6 N–H and O–H groups in total. The monoisotopic (exact) mass is 539 g/mol. The highest BCUT2D eigenvalue weighted by Crippen LogP contribution is 2.07. The summed E-state index contributed by atoms with van der Waals surface area (Å²) < 4.78 is 29.5. The molecule has 0 aliphatic carbocycles. The highest BCUT2D eigenvalue weighted by molar-refractivity contribution is 7.94. The minimum Gasteiger partial charge on any atom is -0.399 e. The van der Waals surface area contributed by atoms with Crippen molar-refractivity contribution in [3.63, 3.8) is 0 Å². The van der Waals surface area contributed by atoms with Crippen molar-refractivity contribution in [2.24, 2.45) is 0 Å². The van der Waals surface area contributed by atoms with Gasteiger partial charge >= 0.3 is 0 Å². The zero-order valence-corrected chi connectivity index (χ0v) is 21.8. The minimum absolute atomic E-state index is 0.0215. The molecule has 36 heavy (non-hydrogen) atoms. The Balaban J connectivity index is 1.49. The second kappa shape index (κ2) is 15.3. The molecule has 11 nitrogen and oxygen atoms in total. The lowest BCUT2D eigenvalue weighted by atomic mass is 10.2. The fourth-order valence-electron chi connectivity index (χ4n) is 2.89. The molecule has 0 saturated heterocycles. The van der Waals surface area contributed by atoms with Crippen molar-refractivity contribution < 1.29 is 27.2 Å². The summed E-state index contributed by atoms with van der Waals surface area (Å²) in [7, 11) is -1.56. The SMILES string of the molecule is CN(CCOOSCCNC(=O)c1cccc(N)c1)CCS(=O)(=O)CCNC(=O)c1cccc(N)c1. The largest absolute Gasteiger partial charge is 0.399 e. The molecule has 0 aliphatic heterocycles. The van der Waals surface area contributed by atoms with Crippen LogP contribution in [0.5, 0.6) is 0 Å². The molecule has 0 radical (unpaired) electrons. The highest BCUT2D eigenvalue weighted by Gasteiger charge is 2.14. The maximum atomic E-state index is 12.2. The van der Waals surface area contributed by atoms with Crippen LogP contribution in [-0.2, 0) is 19.1 Å². The van der Waals surface area contributed by atoms with Gasteiger partial charge in [0.2, 0.25) is 0 Å². The number of nitrogens with zero attached hydrogens (tertiary/aromatic N) is 1. The molecule has 0 saturated carbocycles. The molecule has 2 amide bonds. The molecule has 0 fully saturated rings. The summed E-state index contributed by atoms with van der Waals surface area (Å²) in [6.45, 7) is 1.44. The van der Waals surface area contributed by atoms with Gasteiger partial charge in [0.15, 0.2) is 9.84 Å². The number of rotatable bonds is 16. The topological polar surface area (TPSA) is 166 Å². The van der Waals surface area contributed by atoms with E-state index in [2.05, 4.69) is 10.6 Å². The fraction of sp³-hybridized carbons (Fsp3) is 0.391. The fourth-order valence-corrected chi connectivity index (χ4v) is 4.49. The molecule has 0 unspecified atom stereocenters. The van der Waals surface area contributed by atoms with Crippen LogP contribution in [0.1, 0.15) is 20.7 Å². The van der Waals surface area contributed by atoms with Gasteiger partial charge in [-0.05, 0) is 43.4 Å². The Morgan fingerprint density at radius 2 is 1.50 bits per heavy atom. The van der Waals surface area contributed by atoms with Crippen molar-refractivity contribution in [2.45, 2.75) is 0 Å². The molecule has 2 aromatic rings. The third-order valence-electron chi connectivity index (χ3n) is 4.90. The smallest absolute Gasteiger partial charge is 0.251 e. The Morgan fingerprint density at radius 3 is 2.08 bits per heavy atom. The van der Waals surface area contributed by atoms with Crippen molar-refractivity contribution in [3.8, 4) is 0 Å². The van der Waals surface area contributed by atoms with Crippen molar-refractivity contribution in [1.82, 2.24) is 15.5 Å². The molecule has 0 aliphatic rings. The van der Waals surface area contributed by atoms with Gasteiger partial charge in [0.25, 0.3) is 11.8 Å². The Hall–Kier alpha value is -2.84. The molecule has 0 spiro atoms. The van der Waals surface area contributed by atoms with E-state index >= 15 is 0 Å². The number of hydrogen-bond acceptors (Lipinski definition) is 10. The predicted octanol–water partition coefficient (Wildman–Crippen LogP) is 0.954. The van der Waals surface area contributed by atoms with Crippen LogP contribution in [0.15, 0.2) is 48.5 Å². The number of hydrogen-bond donors (Lipinski definition) is 4.